The van der Waals surface area contributed by atoms with Crippen LogP contribution < -0.4 is 5.32 Å². The molecule has 0 radical (unpaired) electrons. The Morgan fingerprint density at radius 2 is 1.62 bits per heavy atom. The number of benzene rings is 3. The van der Waals surface area contributed by atoms with E-state index < -0.39 is 7.37 Å². The first-order valence-corrected chi connectivity index (χ1v) is 12.9. The Hall–Kier alpha value is -2.88. The van der Waals surface area contributed by atoms with Gasteiger partial charge >= 0.3 is 0 Å². The molecule has 0 spiro atoms. The number of rotatable bonds is 8. The second kappa shape index (κ2) is 10.2. The number of amides is 1. The van der Waals surface area contributed by atoms with Gasteiger partial charge in [0, 0.05) is 31.4 Å². The molecular weight excluding hydrogens is 421 g/mol. The van der Waals surface area contributed by atoms with Gasteiger partial charge in [-0.3, -0.25) is 9.36 Å². The minimum Gasteiger partial charge on any atom is -0.508 e. The molecular formula is C26H30NO4P. The molecule has 1 atom stereocenters. The number of carbonyl (C=O) groups is 1. The zero-order valence-electron chi connectivity index (χ0n) is 18.8. The second-order valence-corrected chi connectivity index (χ2v) is 10.8. The topological polar surface area (TPSA) is 86.6 Å². The number of aryl methyl sites for hydroxylation is 2. The van der Waals surface area contributed by atoms with Crippen molar-refractivity contribution in [2.24, 2.45) is 0 Å². The van der Waals surface area contributed by atoms with Gasteiger partial charge in [-0.1, -0.05) is 48.5 Å². The van der Waals surface area contributed by atoms with Crippen molar-refractivity contribution in [2.75, 3.05) is 13.2 Å². The van der Waals surface area contributed by atoms with E-state index in [2.05, 4.69) is 5.32 Å². The van der Waals surface area contributed by atoms with Crippen LogP contribution in [0.5, 0.6) is 5.75 Å². The first-order chi connectivity index (χ1) is 15.1. The van der Waals surface area contributed by atoms with Crippen molar-refractivity contribution in [3.05, 3.63) is 99.6 Å². The minimum atomic E-state index is -3.14. The van der Waals surface area contributed by atoms with E-state index in [-0.39, 0.29) is 17.8 Å². The first-order valence-electron chi connectivity index (χ1n) is 10.6. The number of aromatic hydroxyl groups is 1. The largest absolute Gasteiger partial charge is 0.508 e. The number of hydrogen-bond donors (Lipinski definition) is 3. The molecule has 3 aromatic rings. The molecule has 0 aromatic heterocycles. The number of nitrogens with one attached hydrogen (secondary N) is 1. The molecule has 3 aromatic carbocycles. The summed E-state index contributed by atoms with van der Waals surface area (Å²) in [7, 11) is -3.14. The van der Waals surface area contributed by atoms with Gasteiger partial charge in [0.25, 0.3) is 5.91 Å². The Morgan fingerprint density at radius 1 is 0.969 bits per heavy atom. The Morgan fingerprint density at radius 3 is 2.22 bits per heavy atom. The lowest BCUT2D eigenvalue weighted by Crippen LogP contribution is -2.25. The van der Waals surface area contributed by atoms with Crippen molar-refractivity contribution >= 4 is 13.3 Å². The summed E-state index contributed by atoms with van der Waals surface area (Å²) in [5, 5.41) is 13.4. The minimum absolute atomic E-state index is 0.0806. The number of carbonyl (C=O) groups excluding carboxylic acids is 1. The van der Waals surface area contributed by atoms with Crippen molar-refractivity contribution in [3.63, 3.8) is 0 Å². The molecule has 0 aliphatic heterocycles. The lowest BCUT2D eigenvalue weighted by Gasteiger charge is -2.15. The molecule has 0 bridgehead atoms. The number of phenols is 1. The molecule has 6 heteroatoms. The monoisotopic (exact) mass is 451 g/mol. The Bertz CT molecular complexity index is 1130. The maximum absolute atomic E-state index is 12.5. The average Bonchev–Trinajstić information content (AvgIpc) is 2.71. The molecule has 0 saturated carbocycles. The van der Waals surface area contributed by atoms with Crippen LogP contribution in [0, 0.1) is 13.8 Å². The van der Waals surface area contributed by atoms with E-state index >= 15 is 0 Å². The van der Waals surface area contributed by atoms with Gasteiger partial charge in [-0.05, 0) is 65.8 Å². The van der Waals surface area contributed by atoms with E-state index in [1.165, 1.54) is 12.7 Å². The van der Waals surface area contributed by atoms with Gasteiger partial charge in [0.2, 0.25) is 7.37 Å². The van der Waals surface area contributed by atoms with Crippen LogP contribution in [0.25, 0.3) is 0 Å². The van der Waals surface area contributed by atoms with E-state index in [1.807, 2.05) is 56.3 Å². The smallest absolute Gasteiger partial charge is 0.251 e. The predicted octanol–water partition coefficient (Wildman–Crippen LogP) is 4.97. The van der Waals surface area contributed by atoms with E-state index in [4.69, 9.17) is 0 Å². The lowest BCUT2D eigenvalue weighted by atomic mass is 9.93. The maximum atomic E-state index is 12.5. The predicted molar refractivity (Wildman–Crippen MR) is 129 cm³/mol. The fraction of sp³-hybridized carbons (Fsp3) is 0.269. The lowest BCUT2D eigenvalue weighted by molar-refractivity contribution is 0.0953. The molecule has 1 amide bonds. The average molecular weight is 452 g/mol. The summed E-state index contributed by atoms with van der Waals surface area (Å²) in [6, 6.07) is 18.8. The van der Waals surface area contributed by atoms with E-state index in [0.717, 1.165) is 39.8 Å². The third-order valence-corrected chi connectivity index (χ3v) is 6.44. The Kier molecular flexibility index (Phi) is 7.55. The van der Waals surface area contributed by atoms with Crippen LogP contribution >= 0.6 is 7.37 Å². The van der Waals surface area contributed by atoms with Crippen LogP contribution in [0.4, 0.5) is 0 Å². The van der Waals surface area contributed by atoms with Gasteiger partial charge in [-0.2, -0.15) is 0 Å². The van der Waals surface area contributed by atoms with Gasteiger partial charge in [0.05, 0.1) is 0 Å². The first kappa shape index (κ1) is 23.8. The van der Waals surface area contributed by atoms with Crippen molar-refractivity contribution in [1.82, 2.24) is 5.32 Å². The fourth-order valence-electron chi connectivity index (χ4n) is 3.90. The fourth-order valence-corrected chi connectivity index (χ4v) is 4.76. The zero-order chi connectivity index (χ0) is 23.3. The summed E-state index contributed by atoms with van der Waals surface area (Å²) in [5.41, 5.74) is 6.23. The van der Waals surface area contributed by atoms with Crippen molar-refractivity contribution in [1.29, 1.82) is 0 Å². The molecule has 3 N–H and O–H groups in total. The highest BCUT2D eigenvalue weighted by Crippen LogP contribution is 2.40. The standard InChI is InChI=1S/C26H30NO4P/c1-18-13-21(17-32(3,30)31)14-19(2)24(18)15-22-9-10-23(16-25(22)28)26(29)27-12-11-20-7-5-4-6-8-20/h4-10,13-14,16,28H,11-12,15,17H2,1-3H3,(H,27,29)(H,30,31). The van der Waals surface area contributed by atoms with Gasteiger partial charge < -0.3 is 15.3 Å². The maximum Gasteiger partial charge on any atom is 0.251 e. The summed E-state index contributed by atoms with van der Waals surface area (Å²) < 4.78 is 11.7. The van der Waals surface area contributed by atoms with E-state index in [1.54, 1.807) is 12.1 Å². The van der Waals surface area contributed by atoms with Crippen LogP contribution in [-0.2, 0) is 23.6 Å². The SMILES string of the molecule is Cc1cc(CP(C)(=O)O)cc(C)c1Cc1ccc(C(=O)NCCc2ccccc2)cc1O. The Balaban J connectivity index is 1.67. The summed E-state index contributed by atoms with van der Waals surface area (Å²) in [6.45, 7) is 5.82. The normalized spacial score (nSPS) is 12.9. The van der Waals surface area contributed by atoms with Gasteiger partial charge in [0.15, 0.2) is 0 Å². The van der Waals surface area contributed by atoms with Gasteiger partial charge in [-0.15, -0.1) is 0 Å². The van der Waals surface area contributed by atoms with Crippen LogP contribution in [0.15, 0.2) is 60.7 Å². The quantitative estimate of drug-likeness (QED) is 0.422. The second-order valence-electron chi connectivity index (χ2n) is 8.43. The van der Waals surface area contributed by atoms with E-state index in [9.17, 15) is 19.4 Å². The highest BCUT2D eigenvalue weighted by Gasteiger charge is 2.15. The molecule has 0 fully saturated rings. The third-order valence-electron chi connectivity index (χ3n) is 5.49. The highest BCUT2D eigenvalue weighted by molar-refractivity contribution is 7.56. The molecule has 5 nitrogen and oxygen atoms in total. The van der Waals surface area contributed by atoms with Crippen LogP contribution in [0.3, 0.4) is 0 Å². The Labute approximate surface area is 189 Å². The van der Waals surface area contributed by atoms with Crippen LogP contribution in [-0.4, -0.2) is 29.1 Å². The van der Waals surface area contributed by atoms with Gasteiger partial charge in [-0.25, -0.2) is 0 Å². The summed E-state index contributed by atoms with van der Waals surface area (Å²) in [6.07, 6.45) is 1.41. The number of hydrogen-bond acceptors (Lipinski definition) is 3. The molecule has 168 valence electrons. The molecule has 32 heavy (non-hydrogen) atoms. The van der Waals surface area contributed by atoms with Crippen LogP contribution in [0.1, 0.15) is 43.7 Å². The molecule has 0 aliphatic carbocycles. The summed E-state index contributed by atoms with van der Waals surface area (Å²) in [5.74, 6) is -0.135. The van der Waals surface area contributed by atoms with Gasteiger partial charge in [0.1, 0.15) is 5.75 Å². The molecule has 0 heterocycles. The summed E-state index contributed by atoms with van der Waals surface area (Å²) >= 11 is 0. The van der Waals surface area contributed by atoms with Crippen LogP contribution in [0.2, 0.25) is 0 Å². The van der Waals surface area contributed by atoms with Crippen molar-refractivity contribution in [2.45, 2.75) is 32.9 Å². The molecule has 1 unspecified atom stereocenters. The molecule has 3 rings (SSSR count). The van der Waals surface area contributed by atoms with Crippen molar-refractivity contribution < 1.29 is 19.4 Å². The van der Waals surface area contributed by atoms with E-state index in [0.29, 0.717) is 18.5 Å². The number of phenolic OH excluding ortho intramolecular Hbond substituents is 1. The zero-order valence-corrected chi connectivity index (χ0v) is 19.7. The van der Waals surface area contributed by atoms with Crippen molar-refractivity contribution in [3.8, 4) is 5.75 Å². The molecule has 0 aliphatic rings. The summed E-state index contributed by atoms with van der Waals surface area (Å²) in [4.78, 5) is 22.1. The molecule has 0 saturated heterocycles. The highest BCUT2D eigenvalue weighted by atomic mass is 31.2. The third kappa shape index (κ3) is 6.56.